The molecule has 0 spiro atoms. The first-order valence-electron chi connectivity index (χ1n) is 8.95. The van der Waals surface area contributed by atoms with Gasteiger partial charge in [-0.1, -0.05) is 0 Å². The largest absolute Gasteiger partial charge is 0.481 e. The Morgan fingerprint density at radius 3 is 2.40 bits per heavy atom. The lowest BCUT2D eigenvalue weighted by Crippen LogP contribution is -2.13. The fraction of sp³-hybridized carbons (Fsp3) is 0.238. The maximum atomic E-state index is 14.3. The number of carbonyl (C=O) groups is 1. The third-order valence-corrected chi connectivity index (χ3v) is 4.43. The Morgan fingerprint density at radius 2 is 1.83 bits per heavy atom. The van der Waals surface area contributed by atoms with Gasteiger partial charge in [-0.25, -0.2) is 8.78 Å². The Bertz CT molecular complexity index is 1020. The zero-order chi connectivity index (χ0) is 21.9. The standard InChI is InChI=1S/C21H17F5N2O2/c1-13-4-5-15(11-27-13)28-7-6-16(21(24,25)26)19(28)12-30-20-17(22)9-14(3-2-8-29)10-18(20)23/h4-11H,2-3,12H2,1H3. The highest BCUT2D eigenvalue weighted by molar-refractivity contribution is 5.50. The number of aldehydes is 1. The lowest BCUT2D eigenvalue weighted by Gasteiger charge is -2.15. The Morgan fingerprint density at radius 1 is 1.13 bits per heavy atom. The Hall–Kier alpha value is -3.23. The third-order valence-electron chi connectivity index (χ3n) is 4.43. The van der Waals surface area contributed by atoms with E-state index in [1.54, 1.807) is 19.1 Å². The summed E-state index contributed by atoms with van der Waals surface area (Å²) in [4.78, 5) is 14.5. The number of hydrogen-bond donors (Lipinski definition) is 0. The summed E-state index contributed by atoms with van der Waals surface area (Å²) in [5, 5.41) is 0. The number of nitrogens with zero attached hydrogens (tertiary/aromatic N) is 2. The van der Waals surface area contributed by atoms with Gasteiger partial charge in [0.05, 0.1) is 23.1 Å². The summed E-state index contributed by atoms with van der Waals surface area (Å²) >= 11 is 0. The summed E-state index contributed by atoms with van der Waals surface area (Å²) in [5.74, 6) is -2.90. The van der Waals surface area contributed by atoms with Gasteiger partial charge in [0.1, 0.15) is 12.9 Å². The van der Waals surface area contributed by atoms with Crippen molar-refractivity contribution in [3.63, 3.8) is 0 Å². The van der Waals surface area contributed by atoms with Crippen LogP contribution in [0.3, 0.4) is 0 Å². The minimum atomic E-state index is -4.68. The van der Waals surface area contributed by atoms with Gasteiger partial charge in [0.2, 0.25) is 0 Å². The molecule has 30 heavy (non-hydrogen) atoms. The smallest absolute Gasteiger partial charge is 0.418 e. The van der Waals surface area contributed by atoms with Crippen molar-refractivity contribution in [1.82, 2.24) is 9.55 Å². The fourth-order valence-electron chi connectivity index (χ4n) is 2.98. The molecular formula is C21H17F5N2O2. The van der Waals surface area contributed by atoms with Crippen LogP contribution < -0.4 is 4.74 Å². The van der Waals surface area contributed by atoms with E-state index in [0.717, 1.165) is 18.2 Å². The molecule has 0 atom stereocenters. The minimum Gasteiger partial charge on any atom is -0.481 e. The molecule has 3 rings (SSSR count). The van der Waals surface area contributed by atoms with E-state index in [2.05, 4.69) is 4.98 Å². The quantitative estimate of drug-likeness (QED) is 0.387. The van der Waals surface area contributed by atoms with Gasteiger partial charge in [-0.05, 0) is 49.2 Å². The van der Waals surface area contributed by atoms with Crippen molar-refractivity contribution in [3.05, 3.63) is 76.9 Å². The van der Waals surface area contributed by atoms with Gasteiger partial charge in [-0.3, -0.25) is 4.98 Å². The summed E-state index contributed by atoms with van der Waals surface area (Å²) < 4.78 is 75.2. The molecule has 9 heteroatoms. The van der Waals surface area contributed by atoms with Crippen LogP contribution in [0.25, 0.3) is 5.69 Å². The number of rotatable bonds is 7. The van der Waals surface area contributed by atoms with Crippen molar-refractivity contribution in [3.8, 4) is 11.4 Å². The SMILES string of the molecule is Cc1ccc(-n2ccc(C(F)(F)F)c2COc2c(F)cc(CCC=O)cc2F)cn1. The topological polar surface area (TPSA) is 44.1 Å². The summed E-state index contributed by atoms with van der Waals surface area (Å²) in [6, 6.07) is 6.07. The summed E-state index contributed by atoms with van der Waals surface area (Å²) in [7, 11) is 0. The average Bonchev–Trinajstić information content (AvgIpc) is 3.10. The van der Waals surface area contributed by atoms with Gasteiger partial charge in [0.25, 0.3) is 0 Å². The first-order valence-corrected chi connectivity index (χ1v) is 8.95. The summed E-state index contributed by atoms with van der Waals surface area (Å²) in [5.41, 5.74) is -0.0311. The number of carbonyl (C=O) groups excluding carboxylic acids is 1. The zero-order valence-corrected chi connectivity index (χ0v) is 15.8. The average molecular weight is 424 g/mol. The molecule has 0 fully saturated rings. The van der Waals surface area contributed by atoms with E-state index >= 15 is 0 Å². The first-order chi connectivity index (χ1) is 14.2. The number of benzene rings is 1. The second-order valence-electron chi connectivity index (χ2n) is 6.58. The van der Waals surface area contributed by atoms with Gasteiger partial charge in [-0.2, -0.15) is 13.2 Å². The zero-order valence-electron chi connectivity index (χ0n) is 15.8. The molecule has 0 bridgehead atoms. The number of hydrogen-bond acceptors (Lipinski definition) is 3. The monoisotopic (exact) mass is 424 g/mol. The van der Waals surface area contributed by atoms with E-state index in [4.69, 9.17) is 4.74 Å². The molecule has 2 aromatic heterocycles. The molecule has 0 saturated heterocycles. The summed E-state index contributed by atoms with van der Waals surface area (Å²) in [6.07, 6.45) is -1.25. The van der Waals surface area contributed by atoms with Crippen molar-refractivity contribution in [1.29, 1.82) is 0 Å². The van der Waals surface area contributed by atoms with E-state index < -0.39 is 35.7 Å². The number of aryl methyl sites for hydroxylation is 2. The Kier molecular flexibility index (Phi) is 6.19. The Labute approximate surface area is 168 Å². The van der Waals surface area contributed by atoms with Crippen LogP contribution in [0.2, 0.25) is 0 Å². The molecule has 3 aromatic rings. The number of ether oxygens (including phenoxy) is 1. The van der Waals surface area contributed by atoms with Gasteiger partial charge >= 0.3 is 6.18 Å². The lowest BCUT2D eigenvalue weighted by atomic mass is 10.1. The molecule has 0 radical (unpaired) electrons. The van der Waals surface area contributed by atoms with E-state index in [0.29, 0.717) is 17.7 Å². The van der Waals surface area contributed by atoms with Crippen LogP contribution in [0, 0.1) is 18.6 Å². The predicted molar refractivity (Wildman–Crippen MR) is 98.4 cm³/mol. The van der Waals surface area contributed by atoms with Crippen LogP contribution in [0.4, 0.5) is 22.0 Å². The number of aromatic nitrogens is 2. The molecule has 4 nitrogen and oxygen atoms in total. The van der Waals surface area contributed by atoms with Crippen LogP contribution in [0.1, 0.15) is 28.9 Å². The molecular weight excluding hydrogens is 407 g/mol. The maximum Gasteiger partial charge on any atom is 0.418 e. The Balaban J connectivity index is 1.93. The number of alkyl halides is 3. The molecule has 2 heterocycles. The molecule has 1 aromatic carbocycles. The highest BCUT2D eigenvalue weighted by Crippen LogP contribution is 2.35. The molecule has 158 valence electrons. The third kappa shape index (κ3) is 4.67. The van der Waals surface area contributed by atoms with Crippen LogP contribution in [-0.4, -0.2) is 15.8 Å². The fourth-order valence-corrected chi connectivity index (χ4v) is 2.98. The van der Waals surface area contributed by atoms with Crippen LogP contribution in [-0.2, 0) is 24.0 Å². The minimum absolute atomic E-state index is 0.0894. The lowest BCUT2D eigenvalue weighted by molar-refractivity contribution is -0.138. The highest BCUT2D eigenvalue weighted by Gasteiger charge is 2.36. The van der Waals surface area contributed by atoms with Crippen molar-refractivity contribution in [2.24, 2.45) is 0 Å². The van der Waals surface area contributed by atoms with Crippen molar-refractivity contribution >= 4 is 6.29 Å². The molecule has 0 unspecified atom stereocenters. The summed E-state index contributed by atoms with van der Waals surface area (Å²) in [6.45, 7) is 1.01. The molecule has 0 amide bonds. The van der Waals surface area contributed by atoms with Crippen LogP contribution >= 0.6 is 0 Å². The maximum absolute atomic E-state index is 14.3. The van der Waals surface area contributed by atoms with Crippen molar-refractivity contribution < 1.29 is 31.5 Å². The highest BCUT2D eigenvalue weighted by atomic mass is 19.4. The second-order valence-corrected chi connectivity index (χ2v) is 6.58. The molecule has 0 aliphatic rings. The van der Waals surface area contributed by atoms with E-state index in [1.165, 1.54) is 17.0 Å². The molecule has 0 aliphatic carbocycles. The molecule has 0 saturated carbocycles. The van der Waals surface area contributed by atoms with E-state index in [9.17, 15) is 26.7 Å². The second kappa shape index (κ2) is 8.64. The van der Waals surface area contributed by atoms with Gasteiger partial charge in [0, 0.05) is 18.3 Å². The number of halogens is 5. The van der Waals surface area contributed by atoms with Crippen LogP contribution in [0.15, 0.2) is 42.7 Å². The van der Waals surface area contributed by atoms with Gasteiger partial charge < -0.3 is 14.1 Å². The van der Waals surface area contributed by atoms with E-state index in [1.807, 2.05) is 0 Å². The van der Waals surface area contributed by atoms with Crippen molar-refractivity contribution in [2.45, 2.75) is 32.5 Å². The van der Waals surface area contributed by atoms with Crippen molar-refractivity contribution in [2.75, 3.05) is 0 Å². The normalized spacial score (nSPS) is 11.5. The molecule has 0 aliphatic heterocycles. The van der Waals surface area contributed by atoms with Crippen LogP contribution in [0.5, 0.6) is 5.75 Å². The van der Waals surface area contributed by atoms with Gasteiger partial charge in [-0.15, -0.1) is 0 Å². The first kappa shape index (κ1) is 21.5. The predicted octanol–water partition coefficient (Wildman–Crippen LogP) is 5.19. The van der Waals surface area contributed by atoms with E-state index in [-0.39, 0.29) is 24.1 Å². The molecule has 0 N–H and O–H groups in total. The van der Waals surface area contributed by atoms with Gasteiger partial charge in [0.15, 0.2) is 17.4 Å². The number of pyridine rings is 1.